The number of nitrogens with one attached hydrogen (secondary N) is 1. The second-order valence-corrected chi connectivity index (χ2v) is 11.3. The number of likely N-dealkylation sites (tertiary alicyclic amines) is 1. The number of carbonyl (C=O) groups excluding carboxylic acids is 3. The third-order valence-corrected chi connectivity index (χ3v) is 8.00. The molecule has 0 bridgehead atoms. The molecule has 37 heavy (non-hydrogen) atoms. The van der Waals surface area contributed by atoms with E-state index in [2.05, 4.69) is 18.0 Å². The monoisotopic (exact) mass is 502 g/mol. The highest BCUT2D eigenvalue weighted by molar-refractivity contribution is 5.98. The summed E-state index contributed by atoms with van der Waals surface area (Å²) in [5.41, 5.74) is 4.65. The summed E-state index contributed by atoms with van der Waals surface area (Å²) >= 11 is 0. The summed E-state index contributed by atoms with van der Waals surface area (Å²) < 4.78 is 0. The lowest BCUT2D eigenvalue weighted by atomic mass is 9.80. The Bertz CT molecular complexity index is 1150. The number of benzene rings is 2. The average Bonchev–Trinajstić information content (AvgIpc) is 3.18. The number of nitrogens with zero attached hydrogens (tertiary/aromatic N) is 1. The molecule has 0 radical (unpaired) electrons. The third-order valence-electron chi connectivity index (χ3n) is 8.00. The fraction of sp³-hybridized carbons (Fsp3) is 0.469. The number of amides is 2. The zero-order valence-electron chi connectivity index (χ0n) is 23.3. The van der Waals surface area contributed by atoms with Crippen molar-refractivity contribution in [3.05, 3.63) is 82.9 Å². The Morgan fingerprint density at radius 3 is 2.46 bits per heavy atom. The van der Waals surface area contributed by atoms with Crippen LogP contribution in [0.2, 0.25) is 0 Å². The molecule has 3 rings (SSSR count). The molecule has 1 saturated heterocycles. The lowest BCUT2D eigenvalue weighted by molar-refractivity contribution is -0.144. The van der Waals surface area contributed by atoms with Gasteiger partial charge in [-0.25, -0.2) is 0 Å². The number of rotatable bonds is 10. The third kappa shape index (κ3) is 6.57. The molecule has 1 aliphatic rings. The lowest BCUT2D eigenvalue weighted by Gasteiger charge is -2.34. The molecule has 3 unspecified atom stereocenters. The van der Waals surface area contributed by atoms with E-state index in [1.54, 1.807) is 11.0 Å². The van der Waals surface area contributed by atoms with Gasteiger partial charge in [-0.05, 0) is 67.7 Å². The normalized spacial score (nSPS) is 18.2. The van der Waals surface area contributed by atoms with Crippen molar-refractivity contribution in [3.63, 3.8) is 0 Å². The molecule has 2 aromatic carbocycles. The molecule has 2 aromatic rings. The summed E-state index contributed by atoms with van der Waals surface area (Å²) in [6, 6.07) is 13.5. The lowest BCUT2D eigenvalue weighted by Crippen LogP contribution is -2.53. The quantitative estimate of drug-likeness (QED) is 0.339. The van der Waals surface area contributed by atoms with E-state index in [1.807, 2.05) is 77.9 Å². The smallest absolute Gasteiger partial charge is 0.243 e. The van der Waals surface area contributed by atoms with Crippen molar-refractivity contribution in [1.82, 2.24) is 10.2 Å². The highest BCUT2D eigenvalue weighted by Crippen LogP contribution is 2.38. The molecule has 3 atom stereocenters. The van der Waals surface area contributed by atoms with E-state index >= 15 is 0 Å². The van der Waals surface area contributed by atoms with Gasteiger partial charge in [0.1, 0.15) is 6.04 Å². The van der Waals surface area contributed by atoms with Gasteiger partial charge in [0.05, 0.1) is 0 Å². The topological polar surface area (TPSA) is 66.5 Å². The van der Waals surface area contributed by atoms with Gasteiger partial charge in [0.2, 0.25) is 11.8 Å². The zero-order valence-corrected chi connectivity index (χ0v) is 23.3. The van der Waals surface area contributed by atoms with Crippen molar-refractivity contribution < 1.29 is 14.4 Å². The van der Waals surface area contributed by atoms with E-state index in [0.717, 1.165) is 34.2 Å². The average molecular weight is 503 g/mol. The summed E-state index contributed by atoms with van der Waals surface area (Å²) in [4.78, 5) is 42.4. The summed E-state index contributed by atoms with van der Waals surface area (Å²) in [5.74, 6) is -0.756. The van der Waals surface area contributed by atoms with Gasteiger partial charge < -0.3 is 10.2 Å². The van der Waals surface area contributed by atoms with E-state index in [4.69, 9.17) is 0 Å². The van der Waals surface area contributed by atoms with Gasteiger partial charge >= 0.3 is 0 Å². The molecule has 1 aliphatic heterocycles. The van der Waals surface area contributed by atoms with Crippen LogP contribution in [0.15, 0.2) is 55.1 Å². The van der Waals surface area contributed by atoms with Crippen molar-refractivity contribution in [2.75, 3.05) is 13.1 Å². The minimum atomic E-state index is -0.544. The molecular formula is C32H42N2O3. The Morgan fingerprint density at radius 1 is 1.14 bits per heavy atom. The fourth-order valence-electron chi connectivity index (χ4n) is 5.58. The maximum Gasteiger partial charge on any atom is 0.243 e. The van der Waals surface area contributed by atoms with Crippen molar-refractivity contribution in [3.8, 4) is 0 Å². The first-order chi connectivity index (χ1) is 17.5. The van der Waals surface area contributed by atoms with Crippen LogP contribution in [-0.2, 0) is 16.0 Å². The predicted octanol–water partition coefficient (Wildman–Crippen LogP) is 5.61. The molecule has 1 heterocycles. The molecule has 0 saturated carbocycles. The van der Waals surface area contributed by atoms with Gasteiger partial charge in [0.15, 0.2) is 5.78 Å². The van der Waals surface area contributed by atoms with E-state index in [0.29, 0.717) is 19.5 Å². The van der Waals surface area contributed by atoms with Crippen molar-refractivity contribution in [2.45, 2.75) is 66.8 Å². The first-order valence-corrected chi connectivity index (χ1v) is 13.3. The Kier molecular flexibility index (Phi) is 9.12. The van der Waals surface area contributed by atoms with Crippen LogP contribution >= 0.6 is 0 Å². The summed E-state index contributed by atoms with van der Waals surface area (Å²) in [7, 11) is 0. The first-order valence-electron chi connectivity index (χ1n) is 13.3. The minimum absolute atomic E-state index is 0.0600. The largest absolute Gasteiger partial charge is 0.351 e. The summed E-state index contributed by atoms with van der Waals surface area (Å²) in [6.07, 6.45) is 3.29. The van der Waals surface area contributed by atoms with Crippen LogP contribution in [0.3, 0.4) is 0 Å². The van der Waals surface area contributed by atoms with E-state index < -0.39 is 12.0 Å². The standard InChI is InChI=1S/C32H42N2O3/c1-8-15-33-30(36)29-32(6,7)14-16-34(29)31(37)24(5)26(19-25-12-10-9-11-13-25)20-28(35)27-18-21(2)17-22(3)23(27)4/h8-13,17-18,24,26,29H,1,14-16,19-20H2,2-7H3,(H,33,36). The highest BCUT2D eigenvalue weighted by atomic mass is 16.2. The SMILES string of the molecule is C=CCNC(=O)C1N(C(=O)C(C)C(CC(=O)c2cc(C)cc(C)c2C)Cc2ccccc2)CCC1(C)C. The Hall–Kier alpha value is -3.21. The molecule has 0 spiro atoms. The molecule has 1 N–H and O–H groups in total. The molecule has 0 aliphatic carbocycles. The number of hydrogen-bond donors (Lipinski definition) is 1. The van der Waals surface area contributed by atoms with Crippen LogP contribution < -0.4 is 5.32 Å². The van der Waals surface area contributed by atoms with E-state index in [9.17, 15) is 14.4 Å². The number of Topliss-reactive ketones (excluding diaryl/α,β-unsaturated/α-hetero) is 1. The molecular weight excluding hydrogens is 460 g/mol. The Labute approximate surface area is 222 Å². The first kappa shape index (κ1) is 28.4. The van der Waals surface area contributed by atoms with Gasteiger partial charge in [-0.3, -0.25) is 14.4 Å². The van der Waals surface area contributed by atoms with Crippen molar-refractivity contribution >= 4 is 17.6 Å². The second-order valence-electron chi connectivity index (χ2n) is 11.3. The van der Waals surface area contributed by atoms with Crippen molar-refractivity contribution in [1.29, 1.82) is 0 Å². The van der Waals surface area contributed by atoms with Crippen LogP contribution in [0.5, 0.6) is 0 Å². The van der Waals surface area contributed by atoms with Crippen LogP contribution in [-0.4, -0.2) is 41.6 Å². The van der Waals surface area contributed by atoms with Gasteiger partial charge in [0.25, 0.3) is 0 Å². The number of hydrogen-bond acceptors (Lipinski definition) is 3. The van der Waals surface area contributed by atoms with Crippen LogP contribution in [0.25, 0.3) is 0 Å². The summed E-state index contributed by atoms with van der Waals surface area (Å²) in [5, 5.41) is 2.89. The number of ketones is 1. The maximum atomic E-state index is 14.0. The van der Waals surface area contributed by atoms with E-state index in [-0.39, 0.29) is 35.4 Å². The van der Waals surface area contributed by atoms with Crippen LogP contribution in [0, 0.1) is 38.0 Å². The molecule has 1 fully saturated rings. The van der Waals surface area contributed by atoms with E-state index in [1.165, 1.54) is 0 Å². The fourth-order valence-corrected chi connectivity index (χ4v) is 5.58. The molecule has 5 nitrogen and oxygen atoms in total. The predicted molar refractivity (Wildman–Crippen MR) is 150 cm³/mol. The van der Waals surface area contributed by atoms with Gasteiger partial charge in [-0.15, -0.1) is 6.58 Å². The Balaban J connectivity index is 1.90. The van der Waals surface area contributed by atoms with Gasteiger partial charge in [-0.2, -0.15) is 0 Å². The molecule has 0 aromatic heterocycles. The maximum absolute atomic E-state index is 14.0. The highest BCUT2D eigenvalue weighted by Gasteiger charge is 2.48. The summed E-state index contributed by atoms with van der Waals surface area (Å²) in [6.45, 7) is 16.6. The molecule has 198 valence electrons. The Morgan fingerprint density at radius 2 is 1.81 bits per heavy atom. The second kappa shape index (κ2) is 11.9. The van der Waals surface area contributed by atoms with Gasteiger partial charge in [-0.1, -0.05) is 68.8 Å². The van der Waals surface area contributed by atoms with Crippen molar-refractivity contribution in [2.24, 2.45) is 17.3 Å². The molecule has 2 amide bonds. The minimum Gasteiger partial charge on any atom is -0.351 e. The van der Waals surface area contributed by atoms with Crippen LogP contribution in [0.1, 0.15) is 66.2 Å². The number of aryl methyl sites for hydroxylation is 2. The van der Waals surface area contributed by atoms with Gasteiger partial charge in [0, 0.05) is 31.0 Å². The number of carbonyl (C=O) groups is 3. The molecule has 5 heteroatoms. The van der Waals surface area contributed by atoms with Crippen LogP contribution in [0.4, 0.5) is 0 Å². The zero-order chi connectivity index (χ0) is 27.3.